The Morgan fingerprint density at radius 3 is 2.48 bits per heavy atom. The van der Waals surface area contributed by atoms with E-state index in [0.29, 0.717) is 31.2 Å². The van der Waals surface area contributed by atoms with Gasteiger partial charge < -0.3 is 25.4 Å². The van der Waals surface area contributed by atoms with E-state index in [1.54, 1.807) is 14.2 Å². The number of nitrogens with one attached hydrogen (secondary N) is 3. The summed E-state index contributed by atoms with van der Waals surface area (Å²) in [4.78, 5) is 16.8. The van der Waals surface area contributed by atoms with Crippen LogP contribution in [-0.4, -0.2) is 45.7 Å². The largest absolute Gasteiger partial charge is 0.497 e. The summed E-state index contributed by atoms with van der Waals surface area (Å²) in [6.45, 7) is 6.21. The fourth-order valence-electron chi connectivity index (χ4n) is 2.73. The minimum Gasteiger partial charge on any atom is -0.497 e. The second kappa shape index (κ2) is 11.6. The molecule has 7 heteroatoms. The smallest absolute Gasteiger partial charge is 0.251 e. The van der Waals surface area contributed by atoms with Crippen LogP contribution in [0.1, 0.15) is 28.4 Å². The number of methoxy groups -OCH3 is 2. The van der Waals surface area contributed by atoms with Crippen LogP contribution >= 0.6 is 0 Å². The lowest BCUT2D eigenvalue weighted by molar-refractivity contribution is 0.0954. The lowest BCUT2D eigenvalue weighted by Crippen LogP contribution is -2.41. The Labute approximate surface area is 172 Å². The van der Waals surface area contributed by atoms with E-state index in [1.165, 1.54) is 0 Å². The van der Waals surface area contributed by atoms with E-state index in [0.717, 1.165) is 29.2 Å². The SMILES string of the molecule is CCNC(=NCc1ccc(OC)cc1OC)NCCNC(=O)c1cccc(C)c1. The molecule has 0 bridgehead atoms. The van der Waals surface area contributed by atoms with Crippen molar-refractivity contribution < 1.29 is 14.3 Å². The Bertz CT molecular complexity index is 837. The Kier molecular flexibility index (Phi) is 8.82. The summed E-state index contributed by atoms with van der Waals surface area (Å²) in [5, 5.41) is 9.34. The van der Waals surface area contributed by atoms with Crippen LogP contribution in [0, 0.1) is 6.92 Å². The summed E-state index contributed by atoms with van der Waals surface area (Å²) >= 11 is 0. The van der Waals surface area contributed by atoms with Gasteiger partial charge in [-0.2, -0.15) is 0 Å². The van der Waals surface area contributed by atoms with Gasteiger partial charge in [-0.25, -0.2) is 4.99 Å². The minimum atomic E-state index is -0.0830. The molecule has 2 aromatic carbocycles. The first-order chi connectivity index (χ1) is 14.1. The molecule has 0 atom stereocenters. The van der Waals surface area contributed by atoms with E-state index in [2.05, 4.69) is 20.9 Å². The number of rotatable bonds is 9. The monoisotopic (exact) mass is 398 g/mol. The van der Waals surface area contributed by atoms with Gasteiger partial charge in [-0.05, 0) is 38.1 Å². The zero-order valence-electron chi connectivity index (χ0n) is 17.5. The molecule has 0 fully saturated rings. The highest BCUT2D eigenvalue weighted by atomic mass is 16.5. The van der Waals surface area contributed by atoms with Gasteiger partial charge in [0.05, 0.1) is 20.8 Å². The van der Waals surface area contributed by atoms with Gasteiger partial charge in [0.15, 0.2) is 5.96 Å². The number of ether oxygens (including phenoxy) is 2. The Balaban J connectivity index is 1.88. The molecule has 0 aromatic heterocycles. The normalized spacial score (nSPS) is 11.0. The number of nitrogens with zero attached hydrogens (tertiary/aromatic N) is 1. The standard InChI is InChI=1S/C22H30N4O3/c1-5-23-22(26-15-18-9-10-19(28-3)14-20(18)29-4)25-12-11-24-21(27)17-8-6-7-16(2)13-17/h6-10,13-14H,5,11-12,15H2,1-4H3,(H,24,27)(H2,23,25,26). The summed E-state index contributed by atoms with van der Waals surface area (Å²) < 4.78 is 10.6. The van der Waals surface area contributed by atoms with Crippen molar-refractivity contribution in [1.82, 2.24) is 16.0 Å². The van der Waals surface area contributed by atoms with Gasteiger partial charge in [-0.15, -0.1) is 0 Å². The highest BCUT2D eigenvalue weighted by Crippen LogP contribution is 2.25. The molecule has 0 heterocycles. The van der Waals surface area contributed by atoms with Crippen molar-refractivity contribution in [3.05, 3.63) is 59.2 Å². The van der Waals surface area contributed by atoms with Gasteiger partial charge in [-0.1, -0.05) is 17.7 Å². The van der Waals surface area contributed by atoms with E-state index in [9.17, 15) is 4.79 Å². The third-order valence-corrected chi connectivity index (χ3v) is 4.23. The van der Waals surface area contributed by atoms with Crippen molar-refractivity contribution in [2.24, 2.45) is 4.99 Å². The number of guanidine groups is 1. The molecule has 7 nitrogen and oxygen atoms in total. The first-order valence-corrected chi connectivity index (χ1v) is 9.65. The van der Waals surface area contributed by atoms with Gasteiger partial charge in [0.25, 0.3) is 5.91 Å². The Morgan fingerprint density at radius 1 is 1.00 bits per heavy atom. The van der Waals surface area contributed by atoms with Crippen molar-refractivity contribution in [1.29, 1.82) is 0 Å². The predicted octanol–water partition coefficient (Wildman–Crippen LogP) is 2.50. The maximum Gasteiger partial charge on any atom is 0.251 e. The average molecular weight is 399 g/mol. The van der Waals surface area contributed by atoms with Crippen molar-refractivity contribution in [3.8, 4) is 11.5 Å². The van der Waals surface area contributed by atoms with Crippen LogP contribution < -0.4 is 25.4 Å². The summed E-state index contributed by atoms with van der Waals surface area (Å²) in [6.07, 6.45) is 0. The minimum absolute atomic E-state index is 0.0830. The predicted molar refractivity (Wildman–Crippen MR) is 116 cm³/mol. The van der Waals surface area contributed by atoms with Crippen LogP contribution in [0.3, 0.4) is 0 Å². The third-order valence-electron chi connectivity index (χ3n) is 4.23. The Hall–Kier alpha value is -3.22. The molecular formula is C22H30N4O3. The summed E-state index contributed by atoms with van der Waals surface area (Å²) in [6, 6.07) is 13.2. The van der Waals surface area contributed by atoms with Gasteiger partial charge >= 0.3 is 0 Å². The number of benzene rings is 2. The molecule has 0 aliphatic carbocycles. The second-order valence-electron chi connectivity index (χ2n) is 6.43. The van der Waals surface area contributed by atoms with Crippen molar-refractivity contribution in [3.63, 3.8) is 0 Å². The van der Waals surface area contributed by atoms with Crippen LogP contribution in [0.25, 0.3) is 0 Å². The molecule has 0 radical (unpaired) electrons. The maximum atomic E-state index is 12.2. The lowest BCUT2D eigenvalue weighted by Gasteiger charge is -2.13. The molecule has 156 valence electrons. The first kappa shape index (κ1) is 22.1. The molecule has 29 heavy (non-hydrogen) atoms. The van der Waals surface area contributed by atoms with Crippen LogP contribution in [0.5, 0.6) is 11.5 Å². The molecule has 0 unspecified atom stereocenters. The summed E-state index contributed by atoms with van der Waals surface area (Å²) in [5.74, 6) is 2.06. The molecule has 2 aromatic rings. The highest BCUT2D eigenvalue weighted by molar-refractivity contribution is 5.94. The van der Waals surface area contributed by atoms with Crippen molar-refractivity contribution >= 4 is 11.9 Å². The number of aryl methyl sites for hydroxylation is 1. The zero-order valence-corrected chi connectivity index (χ0v) is 17.5. The van der Waals surface area contributed by atoms with Crippen LogP contribution in [0.4, 0.5) is 0 Å². The summed E-state index contributed by atoms with van der Waals surface area (Å²) in [5.41, 5.74) is 2.68. The highest BCUT2D eigenvalue weighted by Gasteiger charge is 2.07. The molecule has 0 aliphatic rings. The van der Waals surface area contributed by atoms with Crippen LogP contribution in [-0.2, 0) is 6.54 Å². The number of aliphatic imine (C=N–C) groups is 1. The average Bonchev–Trinajstić information content (AvgIpc) is 2.74. The topological polar surface area (TPSA) is 84.0 Å². The van der Waals surface area contributed by atoms with Gasteiger partial charge in [0.1, 0.15) is 11.5 Å². The first-order valence-electron chi connectivity index (χ1n) is 9.65. The number of hydrogen-bond acceptors (Lipinski definition) is 4. The van der Waals surface area contributed by atoms with E-state index in [-0.39, 0.29) is 5.91 Å². The molecule has 0 saturated carbocycles. The van der Waals surface area contributed by atoms with Crippen LogP contribution in [0.15, 0.2) is 47.5 Å². The molecule has 0 aliphatic heterocycles. The quantitative estimate of drug-likeness (QED) is 0.343. The van der Waals surface area contributed by atoms with E-state index >= 15 is 0 Å². The maximum absolute atomic E-state index is 12.2. The molecule has 3 N–H and O–H groups in total. The molecule has 0 spiro atoms. The molecule has 2 rings (SSSR count). The lowest BCUT2D eigenvalue weighted by atomic mass is 10.1. The number of carbonyl (C=O) groups excluding carboxylic acids is 1. The molecular weight excluding hydrogens is 368 g/mol. The van der Waals surface area contributed by atoms with E-state index < -0.39 is 0 Å². The molecule has 1 amide bonds. The summed E-state index contributed by atoms with van der Waals surface area (Å²) in [7, 11) is 3.25. The second-order valence-corrected chi connectivity index (χ2v) is 6.43. The Morgan fingerprint density at radius 2 is 1.79 bits per heavy atom. The zero-order chi connectivity index (χ0) is 21.1. The van der Waals surface area contributed by atoms with Gasteiger partial charge in [-0.3, -0.25) is 4.79 Å². The van der Waals surface area contributed by atoms with E-state index in [4.69, 9.17) is 9.47 Å². The number of amides is 1. The van der Waals surface area contributed by atoms with Crippen molar-refractivity contribution in [2.75, 3.05) is 33.9 Å². The fourth-order valence-corrected chi connectivity index (χ4v) is 2.73. The van der Waals surface area contributed by atoms with Crippen molar-refractivity contribution in [2.45, 2.75) is 20.4 Å². The fraction of sp³-hybridized carbons (Fsp3) is 0.364. The van der Waals surface area contributed by atoms with Crippen LogP contribution in [0.2, 0.25) is 0 Å². The molecule has 0 saturated heterocycles. The van der Waals surface area contributed by atoms with Gasteiger partial charge in [0.2, 0.25) is 0 Å². The van der Waals surface area contributed by atoms with Gasteiger partial charge in [0, 0.05) is 36.8 Å². The number of hydrogen-bond donors (Lipinski definition) is 3. The number of carbonyl (C=O) groups is 1. The van der Waals surface area contributed by atoms with E-state index in [1.807, 2.05) is 56.3 Å². The third kappa shape index (κ3) is 7.03.